The fourth-order valence-electron chi connectivity index (χ4n) is 4.57. The molecule has 0 amide bonds. The second-order valence-electron chi connectivity index (χ2n) is 9.08. The van der Waals surface area contributed by atoms with Crippen molar-refractivity contribution >= 4 is 27.7 Å². The standard InChI is InChI=1S/C23H18O3.C8H10BrN/c24-22(17-11-13-18(14-12-17)23(25)26)21-19(15-7-3-1-4-8-15)20(21)16-9-5-2-6-10-16;1-6(10)7-2-4-8(9)5-3-7/h1-14,19-21H,(H,25,26);2-6H,10H2,1H3/t19-,20-;6-/m10/s1. The van der Waals surface area contributed by atoms with E-state index in [4.69, 9.17) is 0 Å². The van der Waals surface area contributed by atoms with Crippen LogP contribution in [0.5, 0.6) is 0 Å². The highest BCUT2D eigenvalue weighted by molar-refractivity contribution is 9.10. The lowest BCUT2D eigenvalue weighted by molar-refractivity contribution is -0.420. The second-order valence-corrected chi connectivity index (χ2v) is 10.00. The van der Waals surface area contributed by atoms with E-state index < -0.39 is 5.97 Å². The molecule has 1 saturated carbocycles. The first-order valence-electron chi connectivity index (χ1n) is 11.9. The molecule has 5 heteroatoms. The molecule has 182 valence electrons. The molecule has 0 saturated heterocycles. The number of quaternary nitrogens is 1. The third kappa shape index (κ3) is 5.99. The van der Waals surface area contributed by atoms with Gasteiger partial charge in [0.1, 0.15) is 6.04 Å². The second kappa shape index (κ2) is 11.5. The third-order valence-electron chi connectivity index (χ3n) is 6.54. The first-order chi connectivity index (χ1) is 17.4. The van der Waals surface area contributed by atoms with Gasteiger partial charge in [-0.2, -0.15) is 0 Å². The molecule has 1 fully saturated rings. The summed E-state index contributed by atoms with van der Waals surface area (Å²) in [5.41, 5.74) is 8.14. The van der Waals surface area contributed by atoms with Gasteiger partial charge in [-0.15, -0.1) is 0 Å². The van der Waals surface area contributed by atoms with Crippen LogP contribution in [0, 0.1) is 5.92 Å². The molecule has 0 aliphatic heterocycles. The molecule has 0 bridgehead atoms. The maximum atomic E-state index is 13.1. The molecule has 3 atom stereocenters. The average molecular weight is 542 g/mol. The molecule has 0 radical (unpaired) electrons. The summed E-state index contributed by atoms with van der Waals surface area (Å²) in [5, 5.41) is 10.9. The molecule has 4 aromatic rings. The van der Waals surface area contributed by atoms with Crippen molar-refractivity contribution in [2.24, 2.45) is 5.92 Å². The van der Waals surface area contributed by atoms with Gasteiger partial charge in [-0.25, -0.2) is 0 Å². The van der Waals surface area contributed by atoms with E-state index in [9.17, 15) is 14.7 Å². The number of carbonyl (C=O) groups excluding carboxylic acids is 2. The van der Waals surface area contributed by atoms with Crippen molar-refractivity contribution in [2.75, 3.05) is 0 Å². The Morgan fingerprint density at radius 3 is 1.58 bits per heavy atom. The fraction of sp³-hybridized carbons (Fsp3) is 0.161. The number of rotatable bonds is 6. The number of carboxylic acid groups (broad SMARTS) is 1. The summed E-state index contributed by atoms with van der Waals surface area (Å²) in [6, 6.07) is 34.8. The third-order valence-corrected chi connectivity index (χ3v) is 7.06. The number of benzene rings is 4. The van der Waals surface area contributed by atoms with Gasteiger partial charge in [0, 0.05) is 33.4 Å². The van der Waals surface area contributed by atoms with Crippen molar-refractivity contribution < 1.29 is 20.4 Å². The van der Waals surface area contributed by atoms with E-state index >= 15 is 0 Å². The number of Topliss-reactive ketones (excluding diaryl/α,β-unsaturated/α-hetero) is 1. The minimum absolute atomic E-state index is 0.0533. The predicted molar refractivity (Wildman–Crippen MR) is 142 cm³/mol. The Balaban J connectivity index is 0.000000256. The lowest BCUT2D eigenvalue weighted by Crippen LogP contribution is -2.51. The van der Waals surface area contributed by atoms with Crippen molar-refractivity contribution in [1.29, 1.82) is 0 Å². The van der Waals surface area contributed by atoms with Crippen LogP contribution in [-0.2, 0) is 0 Å². The molecular weight excluding hydrogens is 514 g/mol. The number of halogens is 1. The fourth-order valence-corrected chi connectivity index (χ4v) is 4.84. The largest absolute Gasteiger partial charge is 0.545 e. The summed E-state index contributed by atoms with van der Waals surface area (Å²) < 4.78 is 1.12. The summed E-state index contributed by atoms with van der Waals surface area (Å²) in [6.45, 7) is 2.09. The number of carbonyl (C=O) groups is 2. The van der Waals surface area contributed by atoms with E-state index in [0.29, 0.717) is 11.6 Å². The molecule has 3 N–H and O–H groups in total. The van der Waals surface area contributed by atoms with Crippen molar-refractivity contribution in [1.82, 2.24) is 0 Å². The Morgan fingerprint density at radius 1 is 0.722 bits per heavy atom. The molecular formula is C31H28BrNO3. The van der Waals surface area contributed by atoms with E-state index in [2.05, 4.69) is 65.0 Å². The monoisotopic (exact) mass is 541 g/mol. The maximum absolute atomic E-state index is 13.1. The number of carboxylic acids is 1. The first kappa shape index (κ1) is 25.5. The van der Waals surface area contributed by atoms with E-state index in [1.165, 1.54) is 17.7 Å². The normalized spacial score (nSPS) is 18.9. The predicted octanol–water partition coefficient (Wildman–Crippen LogP) is 5.18. The van der Waals surface area contributed by atoms with Crippen molar-refractivity contribution in [3.8, 4) is 0 Å². The Morgan fingerprint density at radius 2 is 1.17 bits per heavy atom. The zero-order valence-corrected chi connectivity index (χ0v) is 21.6. The highest BCUT2D eigenvalue weighted by Crippen LogP contribution is 2.61. The van der Waals surface area contributed by atoms with E-state index in [0.717, 1.165) is 15.6 Å². The van der Waals surface area contributed by atoms with Crippen molar-refractivity contribution in [2.45, 2.75) is 24.8 Å². The van der Waals surface area contributed by atoms with Crippen LogP contribution in [-0.4, -0.2) is 11.8 Å². The minimum Gasteiger partial charge on any atom is -0.545 e. The molecule has 36 heavy (non-hydrogen) atoms. The summed E-state index contributed by atoms with van der Waals surface area (Å²) in [6.07, 6.45) is 0. The van der Waals surface area contributed by atoms with Crippen LogP contribution < -0.4 is 10.8 Å². The van der Waals surface area contributed by atoms with Crippen LogP contribution in [0.4, 0.5) is 0 Å². The topological polar surface area (TPSA) is 84.8 Å². The average Bonchev–Trinajstić information content (AvgIpc) is 3.66. The van der Waals surface area contributed by atoms with E-state index in [1.54, 1.807) is 12.1 Å². The Kier molecular flexibility index (Phi) is 8.14. The van der Waals surface area contributed by atoms with Crippen LogP contribution in [0.25, 0.3) is 0 Å². The lowest BCUT2D eigenvalue weighted by atomic mass is 10.0. The van der Waals surface area contributed by atoms with Crippen LogP contribution in [0.15, 0.2) is 114 Å². The van der Waals surface area contributed by atoms with E-state index in [1.807, 2.05) is 48.5 Å². The highest BCUT2D eigenvalue weighted by Gasteiger charge is 2.55. The Hall–Kier alpha value is -3.54. The zero-order valence-electron chi connectivity index (χ0n) is 20.0. The van der Waals surface area contributed by atoms with E-state index in [-0.39, 0.29) is 29.1 Å². The molecule has 4 aromatic carbocycles. The SMILES string of the molecule is C[C@H]([NH3+])c1ccc(Br)cc1.O=C([O-])c1ccc(C(=O)C2[C@H](c3ccccc3)[C@H]2c2ccccc2)cc1. The molecule has 0 heterocycles. The summed E-state index contributed by atoms with van der Waals surface area (Å²) in [7, 11) is 0. The molecule has 0 aromatic heterocycles. The highest BCUT2D eigenvalue weighted by atomic mass is 79.9. The van der Waals surface area contributed by atoms with Gasteiger partial charge in [0.15, 0.2) is 5.78 Å². The van der Waals surface area contributed by atoms with Crippen molar-refractivity contribution in [3.05, 3.63) is 141 Å². The summed E-state index contributed by atoms with van der Waals surface area (Å²) in [5.74, 6) is -1.02. The van der Waals surface area contributed by atoms with Gasteiger partial charge < -0.3 is 15.6 Å². The summed E-state index contributed by atoms with van der Waals surface area (Å²) in [4.78, 5) is 24.0. The van der Waals surface area contributed by atoms with Gasteiger partial charge in [0.05, 0.1) is 5.97 Å². The van der Waals surface area contributed by atoms with Gasteiger partial charge >= 0.3 is 0 Å². The molecule has 5 rings (SSSR count). The quantitative estimate of drug-likeness (QED) is 0.341. The Labute approximate surface area is 219 Å². The number of ketones is 1. The van der Waals surface area contributed by atoms with Gasteiger partial charge in [0.25, 0.3) is 0 Å². The smallest absolute Gasteiger partial charge is 0.167 e. The Bertz CT molecular complexity index is 1260. The van der Waals surface area contributed by atoms with Crippen LogP contribution in [0.2, 0.25) is 0 Å². The number of hydrogen-bond donors (Lipinski definition) is 1. The first-order valence-corrected chi connectivity index (χ1v) is 12.7. The summed E-state index contributed by atoms with van der Waals surface area (Å²) >= 11 is 3.37. The maximum Gasteiger partial charge on any atom is 0.167 e. The lowest BCUT2D eigenvalue weighted by Gasteiger charge is -2.04. The van der Waals surface area contributed by atoms with Crippen LogP contribution in [0.3, 0.4) is 0 Å². The van der Waals surface area contributed by atoms with Gasteiger partial charge in [-0.3, -0.25) is 4.79 Å². The molecule has 0 unspecified atom stereocenters. The molecule has 4 nitrogen and oxygen atoms in total. The van der Waals surface area contributed by atoms with Gasteiger partial charge in [-0.05, 0) is 35.7 Å². The van der Waals surface area contributed by atoms with Gasteiger partial charge in [-0.1, -0.05) is 113 Å². The molecule has 1 aliphatic rings. The number of hydrogen-bond acceptors (Lipinski definition) is 3. The van der Waals surface area contributed by atoms with Gasteiger partial charge in [0.2, 0.25) is 0 Å². The van der Waals surface area contributed by atoms with Crippen LogP contribution >= 0.6 is 15.9 Å². The zero-order chi connectivity index (χ0) is 25.7. The minimum atomic E-state index is -1.24. The molecule has 0 spiro atoms. The van der Waals surface area contributed by atoms with Crippen molar-refractivity contribution in [3.63, 3.8) is 0 Å². The van der Waals surface area contributed by atoms with Crippen LogP contribution in [0.1, 0.15) is 62.2 Å². The number of aromatic carboxylic acids is 1. The molecule has 1 aliphatic carbocycles.